The molecule has 0 amide bonds. The van der Waals surface area contributed by atoms with Crippen molar-refractivity contribution in [3.63, 3.8) is 0 Å². The van der Waals surface area contributed by atoms with E-state index < -0.39 is 0 Å². The van der Waals surface area contributed by atoms with Gasteiger partial charge >= 0.3 is 5.76 Å². The van der Waals surface area contributed by atoms with Crippen LogP contribution < -0.4 is 5.76 Å². The van der Waals surface area contributed by atoms with Crippen LogP contribution in [0.4, 0.5) is 0 Å². The average molecular weight is 461 g/mol. The predicted molar refractivity (Wildman–Crippen MR) is 130 cm³/mol. The first-order chi connectivity index (χ1) is 16.0. The van der Waals surface area contributed by atoms with Gasteiger partial charge < -0.3 is 9.32 Å². The quantitative estimate of drug-likeness (QED) is 0.366. The van der Waals surface area contributed by atoms with E-state index in [1.807, 2.05) is 48.5 Å². The van der Waals surface area contributed by atoms with Crippen LogP contribution in [0.2, 0.25) is 5.02 Å². The number of aryl methyl sites for hydroxylation is 1. The van der Waals surface area contributed by atoms with Gasteiger partial charge in [-0.1, -0.05) is 54.1 Å². The maximum Gasteiger partial charge on any atom is 0.419 e. The monoisotopic (exact) mass is 460 g/mol. The van der Waals surface area contributed by atoms with E-state index in [1.54, 1.807) is 10.6 Å². The van der Waals surface area contributed by atoms with Crippen molar-refractivity contribution in [2.24, 2.45) is 0 Å². The van der Waals surface area contributed by atoms with Crippen molar-refractivity contribution in [3.05, 3.63) is 105 Å². The van der Waals surface area contributed by atoms with Crippen molar-refractivity contribution >= 4 is 28.5 Å². The molecule has 0 saturated heterocycles. The average Bonchev–Trinajstić information content (AvgIpc) is 3.29. The molecule has 5 nitrogen and oxygen atoms in total. The summed E-state index contributed by atoms with van der Waals surface area (Å²) < 4.78 is 7.19. The molecule has 1 unspecified atom stereocenters. The van der Waals surface area contributed by atoms with Gasteiger partial charge in [-0.15, -0.1) is 0 Å². The molecular weight excluding hydrogens is 436 g/mol. The van der Waals surface area contributed by atoms with Gasteiger partial charge in [0, 0.05) is 36.0 Å². The summed E-state index contributed by atoms with van der Waals surface area (Å²) in [6.45, 7) is 2.27. The van der Waals surface area contributed by atoms with Crippen LogP contribution in [-0.2, 0) is 13.1 Å². The lowest BCUT2D eigenvalue weighted by Gasteiger charge is -2.16. The molecule has 1 heterocycles. The second-order valence-corrected chi connectivity index (χ2v) is 9.17. The van der Waals surface area contributed by atoms with E-state index in [9.17, 15) is 9.59 Å². The van der Waals surface area contributed by atoms with Crippen LogP contribution in [-0.4, -0.2) is 28.8 Å². The summed E-state index contributed by atoms with van der Waals surface area (Å²) in [6.07, 6.45) is 1.23. The Bertz CT molecular complexity index is 1360. The highest BCUT2D eigenvalue weighted by molar-refractivity contribution is 6.30. The molecular formula is C27H25ClN2O3. The zero-order chi connectivity index (χ0) is 22.9. The molecule has 6 heteroatoms. The predicted octanol–water partition coefficient (Wildman–Crippen LogP) is 5.49. The fourth-order valence-electron chi connectivity index (χ4n) is 4.74. The number of aromatic nitrogens is 1. The van der Waals surface area contributed by atoms with Crippen molar-refractivity contribution in [1.82, 2.24) is 9.47 Å². The zero-order valence-corrected chi connectivity index (χ0v) is 19.2. The van der Waals surface area contributed by atoms with Crippen molar-refractivity contribution < 1.29 is 9.21 Å². The van der Waals surface area contributed by atoms with Gasteiger partial charge in [0.1, 0.15) is 0 Å². The lowest BCUT2D eigenvalue weighted by molar-refractivity contribution is 0.0991. The number of Topliss-reactive ketones (excluding diaryl/α,β-unsaturated/α-hetero) is 1. The third-order valence-corrected chi connectivity index (χ3v) is 6.65. The van der Waals surface area contributed by atoms with E-state index in [0.717, 1.165) is 36.2 Å². The molecule has 1 atom stereocenters. The number of ketones is 1. The zero-order valence-electron chi connectivity index (χ0n) is 18.5. The minimum absolute atomic E-state index is 0.0374. The summed E-state index contributed by atoms with van der Waals surface area (Å²) in [7, 11) is 2.08. The number of halogens is 1. The van der Waals surface area contributed by atoms with Crippen LogP contribution in [0.25, 0.3) is 11.1 Å². The van der Waals surface area contributed by atoms with Gasteiger partial charge in [-0.05, 0) is 61.0 Å². The largest absolute Gasteiger partial charge is 0.419 e. The summed E-state index contributed by atoms with van der Waals surface area (Å²) in [4.78, 5) is 27.5. The molecule has 0 N–H and O–H groups in total. The number of rotatable bonds is 7. The van der Waals surface area contributed by atoms with Gasteiger partial charge in [-0.25, -0.2) is 4.79 Å². The molecule has 168 valence electrons. The van der Waals surface area contributed by atoms with Crippen LogP contribution >= 0.6 is 11.6 Å². The van der Waals surface area contributed by atoms with E-state index in [1.165, 1.54) is 5.56 Å². The number of benzene rings is 3. The van der Waals surface area contributed by atoms with Crippen molar-refractivity contribution in [2.75, 3.05) is 13.6 Å². The number of nitrogens with zero attached hydrogens (tertiary/aromatic N) is 2. The Morgan fingerprint density at radius 1 is 1.06 bits per heavy atom. The Balaban J connectivity index is 1.37. The summed E-state index contributed by atoms with van der Waals surface area (Å²) in [5, 5.41) is 0.666. The maximum atomic E-state index is 12.7. The van der Waals surface area contributed by atoms with Gasteiger partial charge in [-0.3, -0.25) is 9.36 Å². The molecule has 5 rings (SSSR count). The molecule has 0 radical (unpaired) electrons. The summed E-state index contributed by atoms with van der Waals surface area (Å²) in [6, 6.07) is 21.6. The highest BCUT2D eigenvalue weighted by Crippen LogP contribution is 2.40. The number of oxazole rings is 1. The van der Waals surface area contributed by atoms with Crippen LogP contribution in [0.3, 0.4) is 0 Å². The highest BCUT2D eigenvalue weighted by atomic mass is 35.5. The SMILES string of the molecule is CN(CCCn1c(=O)oc2cc3c(cc21)C(c1ccc(Cl)cc1)CC3=O)Cc1ccccc1. The van der Waals surface area contributed by atoms with Crippen LogP contribution in [0.5, 0.6) is 0 Å². The van der Waals surface area contributed by atoms with E-state index in [-0.39, 0.29) is 17.5 Å². The van der Waals surface area contributed by atoms with Crippen LogP contribution in [0.15, 0.2) is 75.9 Å². The van der Waals surface area contributed by atoms with Crippen molar-refractivity contribution in [3.8, 4) is 0 Å². The first-order valence-electron chi connectivity index (χ1n) is 11.2. The molecule has 0 saturated carbocycles. The first-order valence-corrected chi connectivity index (χ1v) is 11.6. The molecule has 1 aliphatic rings. The fraction of sp³-hybridized carbons (Fsp3) is 0.259. The first kappa shape index (κ1) is 21.7. The molecule has 0 bridgehead atoms. The molecule has 0 fully saturated rings. The summed E-state index contributed by atoms with van der Waals surface area (Å²) in [5.74, 6) is -0.343. The second kappa shape index (κ2) is 9.00. The molecule has 0 aliphatic heterocycles. The van der Waals surface area contributed by atoms with Gasteiger partial charge in [0.2, 0.25) is 0 Å². The van der Waals surface area contributed by atoms with Crippen molar-refractivity contribution in [2.45, 2.75) is 31.8 Å². The van der Waals surface area contributed by atoms with Gasteiger partial charge in [-0.2, -0.15) is 0 Å². The fourth-order valence-corrected chi connectivity index (χ4v) is 4.86. The number of fused-ring (bicyclic) bond motifs is 2. The number of carbonyl (C=O) groups is 1. The Hall–Kier alpha value is -3.15. The third-order valence-electron chi connectivity index (χ3n) is 6.39. The summed E-state index contributed by atoms with van der Waals surface area (Å²) in [5.41, 5.74) is 5.13. The normalized spacial score (nSPS) is 15.5. The van der Waals surface area contributed by atoms with Gasteiger partial charge in [0.25, 0.3) is 0 Å². The van der Waals surface area contributed by atoms with Gasteiger partial charge in [0.05, 0.1) is 5.52 Å². The van der Waals surface area contributed by atoms with Gasteiger partial charge in [0.15, 0.2) is 11.4 Å². The van der Waals surface area contributed by atoms with E-state index in [4.69, 9.17) is 16.0 Å². The Kier molecular flexibility index (Phi) is 5.92. The number of carbonyl (C=O) groups excluding carboxylic acids is 1. The van der Waals surface area contributed by atoms with E-state index >= 15 is 0 Å². The maximum absolute atomic E-state index is 12.7. The third kappa shape index (κ3) is 4.39. The Labute approximate surface area is 197 Å². The second-order valence-electron chi connectivity index (χ2n) is 8.74. The smallest absolute Gasteiger partial charge is 0.408 e. The number of hydrogen-bond acceptors (Lipinski definition) is 4. The topological polar surface area (TPSA) is 55.5 Å². The minimum atomic E-state index is -0.380. The summed E-state index contributed by atoms with van der Waals surface area (Å²) >= 11 is 6.04. The highest BCUT2D eigenvalue weighted by Gasteiger charge is 2.32. The van der Waals surface area contributed by atoms with E-state index in [0.29, 0.717) is 29.1 Å². The van der Waals surface area contributed by atoms with Crippen LogP contribution in [0, 0.1) is 0 Å². The molecule has 1 aliphatic carbocycles. The van der Waals surface area contributed by atoms with Crippen molar-refractivity contribution in [1.29, 1.82) is 0 Å². The molecule has 0 spiro atoms. The van der Waals surface area contributed by atoms with E-state index in [2.05, 4.69) is 24.1 Å². The minimum Gasteiger partial charge on any atom is -0.408 e. The molecule has 4 aromatic rings. The Morgan fingerprint density at radius 3 is 2.58 bits per heavy atom. The number of hydrogen-bond donors (Lipinski definition) is 0. The molecule has 33 heavy (non-hydrogen) atoms. The Morgan fingerprint density at radius 2 is 1.82 bits per heavy atom. The van der Waals surface area contributed by atoms with Crippen LogP contribution in [0.1, 0.15) is 45.8 Å². The standard InChI is InChI=1S/C27H25ClN2O3/c1-29(17-18-6-3-2-4-7-18)12-5-13-30-24-14-22-21(19-8-10-20(28)11-9-19)15-25(31)23(22)16-26(24)33-27(30)32/h2-4,6-11,14,16,21H,5,12-13,15,17H2,1H3. The molecule has 3 aromatic carbocycles. The lowest BCUT2D eigenvalue weighted by atomic mass is 9.93. The lowest BCUT2D eigenvalue weighted by Crippen LogP contribution is -2.22. The molecule has 1 aromatic heterocycles.